The molecular weight excluding hydrogens is 314 g/mol. The molecule has 2 heterocycles. The van der Waals surface area contributed by atoms with Gasteiger partial charge in [-0.25, -0.2) is 4.68 Å². The van der Waals surface area contributed by atoms with Crippen molar-refractivity contribution < 1.29 is 9.53 Å². The molecule has 0 bridgehead atoms. The van der Waals surface area contributed by atoms with E-state index in [1.165, 1.54) is 0 Å². The zero-order valence-electron chi connectivity index (χ0n) is 13.3. The molecule has 0 aliphatic carbocycles. The van der Waals surface area contributed by atoms with E-state index in [0.717, 1.165) is 25.1 Å². The first-order valence-corrected chi connectivity index (χ1v) is 8.18. The molecule has 3 rings (SSSR count). The number of aryl methyl sites for hydroxylation is 1. The number of aromatic nitrogens is 2. The second kappa shape index (κ2) is 6.72. The summed E-state index contributed by atoms with van der Waals surface area (Å²) in [6, 6.07) is 9.47. The van der Waals surface area contributed by atoms with Crippen LogP contribution in [-0.4, -0.2) is 34.4 Å². The van der Waals surface area contributed by atoms with Gasteiger partial charge in [-0.2, -0.15) is 5.10 Å². The van der Waals surface area contributed by atoms with E-state index in [2.05, 4.69) is 10.4 Å². The largest absolute Gasteiger partial charge is 0.376 e. The minimum atomic E-state index is -0.210. The predicted octanol–water partition coefficient (Wildman–Crippen LogP) is 3.13. The van der Waals surface area contributed by atoms with Crippen LogP contribution < -0.4 is 5.32 Å². The molecule has 0 saturated carbocycles. The molecule has 1 saturated heterocycles. The molecular formula is C17H20ClN3O2. The number of para-hydroxylation sites is 1. The number of hydrogen-bond donors (Lipinski definition) is 1. The molecule has 2 aromatic rings. The third kappa shape index (κ3) is 3.26. The molecule has 0 radical (unpaired) electrons. The van der Waals surface area contributed by atoms with Gasteiger partial charge in [-0.15, -0.1) is 0 Å². The summed E-state index contributed by atoms with van der Waals surface area (Å²) in [7, 11) is 0. The number of benzene rings is 1. The van der Waals surface area contributed by atoms with Crippen LogP contribution in [0.1, 0.15) is 35.8 Å². The van der Waals surface area contributed by atoms with Gasteiger partial charge >= 0.3 is 0 Å². The Hall–Kier alpha value is -1.85. The SMILES string of the molecule is Cc1nn(-c2ccccc2)c(Cl)c1C(=O)N[C@@H](C)[C@H]1CCCO1. The molecule has 1 amide bonds. The number of nitrogens with one attached hydrogen (secondary N) is 1. The van der Waals surface area contributed by atoms with Crippen molar-refractivity contribution in [2.24, 2.45) is 0 Å². The Balaban J connectivity index is 1.82. The average Bonchev–Trinajstić information content (AvgIpc) is 3.16. The Kier molecular flexibility index (Phi) is 4.68. The molecule has 1 aliphatic rings. The van der Waals surface area contributed by atoms with Gasteiger partial charge in [-0.1, -0.05) is 29.8 Å². The van der Waals surface area contributed by atoms with Gasteiger partial charge in [0.2, 0.25) is 0 Å². The minimum Gasteiger partial charge on any atom is -0.376 e. The van der Waals surface area contributed by atoms with Crippen LogP contribution in [0.4, 0.5) is 0 Å². The second-order valence-corrected chi connectivity index (χ2v) is 6.17. The average molecular weight is 334 g/mol. The van der Waals surface area contributed by atoms with Gasteiger partial charge < -0.3 is 10.1 Å². The highest BCUT2D eigenvalue weighted by molar-refractivity contribution is 6.33. The van der Waals surface area contributed by atoms with Gasteiger partial charge in [0.15, 0.2) is 0 Å². The summed E-state index contributed by atoms with van der Waals surface area (Å²) in [6.07, 6.45) is 2.08. The van der Waals surface area contributed by atoms with Crippen LogP contribution in [0.15, 0.2) is 30.3 Å². The van der Waals surface area contributed by atoms with E-state index >= 15 is 0 Å². The quantitative estimate of drug-likeness (QED) is 0.935. The normalized spacial score (nSPS) is 18.8. The summed E-state index contributed by atoms with van der Waals surface area (Å²) in [5.74, 6) is -0.210. The maximum absolute atomic E-state index is 12.6. The van der Waals surface area contributed by atoms with E-state index in [0.29, 0.717) is 16.4 Å². The van der Waals surface area contributed by atoms with Crippen LogP contribution in [0.5, 0.6) is 0 Å². The molecule has 1 aromatic heterocycles. The Morgan fingerprint density at radius 3 is 2.83 bits per heavy atom. The third-order valence-electron chi connectivity index (χ3n) is 4.11. The highest BCUT2D eigenvalue weighted by atomic mass is 35.5. The number of hydrogen-bond acceptors (Lipinski definition) is 3. The first-order valence-electron chi connectivity index (χ1n) is 7.81. The molecule has 5 nitrogen and oxygen atoms in total. The van der Waals surface area contributed by atoms with Gasteiger partial charge in [-0.3, -0.25) is 4.79 Å². The Morgan fingerprint density at radius 2 is 2.17 bits per heavy atom. The molecule has 0 spiro atoms. The van der Waals surface area contributed by atoms with Crippen LogP contribution >= 0.6 is 11.6 Å². The van der Waals surface area contributed by atoms with E-state index in [4.69, 9.17) is 16.3 Å². The van der Waals surface area contributed by atoms with Crippen molar-refractivity contribution in [1.82, 2.24) is 15.1 Å². The molecule has 23 heavy (non-hydrogen) atoms. The molecule has 0 unspecified atom stereocenters. The maximum atomic E-state index is 12.6. The monoisotopic (exact) mass is 333 g/mol. The number of carbonyl (C=O) groups excluding carboxylic acids is 1. The molecule has 1 fully saturated rings. The first-order chi connectivity index (χ1) is 11.1. The standard InChI is InChI=1S/C17H20ClN3O2/c1-11(14-9-6-10-23-14)19-17(22)15-12(2)20-21(16(15)18)13-7-4-3-5-8-13/h3-5,7-8,11,14H,6,9-10H2,1-2H3,(H,19,22)/t11-,14+/m0/s1. The van der Waals surface area contributed by atoms with Crippen LogP contribution in [-0.2, 0) is 4.74 Å². The van der Waals surface area contributed by atoms with Gasteiger partial charge in [0, 0.05) is 6.61 Å². The number of nitrogens with zero attached hydrogens (tertiary/aromatic N) is 2. The van der Waals surface area contributed by atoms with Gasteiger partial charge in [0.05, 0.1) is 29.1 Å². The lowest BCUT2D eigenvalue weighted by atomic mass is 10.1. The van der Waals surface area contributed by atoms with Crippen LogP contribution in [0.2, 0.25) is 5.15 Å². The van der Waals surface area contributed by atoms with E-state index in [1.54, 1.807) is 11.6 Å². The minimum absolute atomic E-state index is 0.0551. The van der Waals surface area contributed by atoms with Gasteiger partial charge in [0.25, 0.3) is 5.91 Å². The Morgan fingerprint density at radius 1 is 1.43 bits per heavy atom. The van der Waals surface area contributed by atoms with Crippen molar-refractivity contribution in [1.29, 1.82) is 0 Å². The van der Waals surface area contributed by atoms with Crippen molar-refractivity contribution in [2.45, 2.75) is 38.8 Å². The van der Waals surface area contributed by atoms with Crippen LogP contribution in [0.3, 0.4) is 0 Å². The summed E-state index contributed by atoms with van der Waals surface area (Å²) in [6.45, 7) is 4.51. The highest BCUT2D eigenvalue weighted by Crippen LogP contribution is 2.24. The second-order valence-electron chi connectivity index (χ2n) is 5.81. The summed E-state index contributed by atoms with van der Waals surface area (Å²) in [5, 5.41) is 7.71. The number of carbonyl (C=O) groups is 1. The smallest absolute Gasteiger partial charge is 0.256 e. The molecule has 1 aromatic carbocycles. The number of amides is 1. The summed E-state index contributed by atoms with van der Waals surface area (Å²) < 4.78 is 7.20. The van der Waals surface area contributed by atoms with Crippen molar-refractivity contribution in [3.8, 4) is 5.69 Å². The lowest BCUT2D eigenvalue weighted by Gasteiger charge is -2.19. The van der Waals surface area contributed by atoms with E-state index in [1.807, 2.05) is 37.3 Å². The summed E-state index contributed by atoms with van der Waals surface area (Å²) in [5.41, 5.74) is 1.85. The molecule has 1 N–H and O–H groups in total. The fraction of sp³-hybridized carbons (Fsp3) is 0.412. The lowest BCUT2D eigenvalue weighted by molar-refractivity contribution is 0.0712. The van der Waals surface area contributed by atoms with Gasteiger partial charge in [-0.05, 0) is 38.8 Å². The summed E-state index contributed by atoms with van der Waals surface area (Å²) >= 11 is 6.41. The van der Waals surface area contributed by atoms with Gasteiger partial charge in [0.1, 0.15) is 5.15 Å². The van der Waals surface area contributed by atoms with Crippen LogP contribution in [0, 0.1) is 6.92 Å². The van der Waals surface area contributed by atoms with Crippen LogP contribution in [0.25, 0.3) is 5.69 Å². The third-order valence-corrected chi connectivity index (χ3v) is 4.46. The fourth-order valence-electron chi connectivity index (χ4n) is 2.87. The lowest BCUT2D eigenvalue weighted by Crippen LogP contribution is -2.41. The maximum Gasteiger partial charge on any atom is 0.256 e. The van der Waals surface area contributed by atoms with E-state index < -0.39 is 0 Å². The number of halogens is 1. The van der Waals surface area contributed by atoms with Crippen molar-refractivity contribution in [3.63, 3.8) is 0 Å². The van der Waals surface area contributed by atoms with Crippen molar-refractivity contribution in [2.75, 3.05) is 6.61 Å². The number of rotatable bonds is 4. The van der Waals surface area contributed by atoms with Crippen molar-refractivity contribution in [3.05, 3.63) is 46.7 Å². The van der Waals surface area contributed by atoms with E-state index in [-0.39, 0.29) is 18.1 Å². The Labute approximate surface area is 140 Å². The molecule has 2 atom stereocenters. The van der Waals surface area contributed by atoms with E-state index in [9.17, 15) is 4.79 Å². The molecule has 122 valence electrons. The van der Waals surface area contributed by atoms with Crippen molar-refractivity contribution >= 4 is 17.5 Å². The zero-order valence-corrected chi connectivity index (χ0v) is 14.0. The zero-order chi connectivity index (χ0) is 16.4. The summed E-state index contributed by atoms with van der Waals surface area (Å²) in [4.78, 5) is 12.6. The highest BCUT2D eigenvalue weighted by Gasteiger charge is 2.27. The molecule has 1 aliphatic heterocycles. The number of ether oxygens (including phenoxy) is 1. The fourth-order valence-corrected chi connectivity index (χ4v) is 3.22. The molecule has 6 heteroatoms. The topological polar surface area (TPSA) is 56.2 Å². The Bertz CT molecular complexity index is 693. The first kappa shape index (κ1) is 16.0. The predicted molar refractivity (Wildman–Crippen MR) is 89.2 cm³/mol.